The van der Waals surface area contributed by atoms with Crippen LogP contribution in [-0.2, 0) is 0 Å². The normalized spacial score (nSPS) is 28.4. The molecule has 4 rings (SSSR count). The maximum atomic E-state index is 10.4. The van der Waals surface area contributed by atoms with Gasteiger partial charge in [-0.15, -0.1) is 11.3 Å². The van der Waals surface area contributed by atoms with Crippen molar-refractivity contribution in [2.75, 3.05) is 18.0 Å². The molecule has 116 valence electrons. The molecular weight excluding hydrogens is 292 g/mol. The fourth-order valence-corrected chi connectivity index (χ4v) is 4.93. The van der Waals surface area contributed by atoms with E-state index in [0.29, 0.717) is 0 Å². The largest absolute Gasteiger partial charge is 0.392 e. The van der Waals surface area contributed by atoms with Crippen molar-refractivity contribution in [1.29, 1.82) is 0 Å². The van der Waals surface area contributed by atoms with Crippen molar-refractivity contribution in [3.8, 4) is 11.3 Å². The minimum absolute atomic E-state index is 0.121. The molecule has 1 aromatic carbocycles. The summed E-state index contributed by atoms with van der Waals surface area (Å²) < 4.78 is 0. The maximum Gasteiger partial charge on any atom is 0.185 e. The molecule has 4 heteroatoms. The smallest absolute Gasteiger partial charge is 0.185 e. The number of hydrogen-bond acceptors (Lipinski definition) is 4. The molecule has 3 nitrogen and oxygen atoms in total. The van der Waals surface area contributed by atoms with Crippen molar-refractivity contribution < 1.29 is 5.11 Å². The molecule has 0 unspecified atom stereocenters. The summed E-state index contributed by atoms with van der Waals surface area (Å²) in [6, 6.07) is 10.4. The van der Waals surface area contributed by atoms with E-state index in [0.717, 1.165) is 36.8 Å². The number of rotatable bonds is 2. The van der Waals surface area contributed by atoms with Gasteiger partial charge in [0.05, 0.1) is 11.8 Å². The molecule has 1 aliphatic heterocycles. The number of anilines is 1. The second kappa shape index (κ2) is 5.67. The molecule has 0 radical (unpaired) electrons. The molecule has 1 aliphatic carbocycles. The fraction of sp³-hybridized carbons (Fsp3) is 0.500. The van der Waals surface area contributed by atoms with Crippen molar-refractivity contribution in [2.24, 2.45) is 5.41 Å². The predicted octanol–water partition coefficient (Wildman–Crippen LogP) is 3.94. The van der Waals surface area contributed by atoms with E-state index >= 15 is 0 Å². The van der Waals surface area contributed by atoms with Crippen molar-refractivity contribution in [3.05, 3.63) is 35.7 Å². The van der Waals surface area contributed by atoms with E-state index in [1.54, 1.807) is 11.3 Å². The summed E-state index contributed by atoms with van der Waals surface area (Å²) in [5.74, 6) is 0. The van der Waals surface area contributed by atoms with Gasteiger partial charge in [-0.1, -0.05) is 36.8 Å². The highest BCUT2D eigenvalue weighted by atomic mass is 32.1. The van der Waals surface area contributed by atoms with Crippen molar-refractivity contribution in [1.82, 2.24) is 4.98 Å². The Morgan fingerprint density at radius 1 is 1.18 bits per heavy atom. The molecule has 1 N–H and O–H groups in total. The first-order valence-electron chi connectivity index (χ1n) is 8.21. The lowest BCUT2D eigenvalue weighted by atomic mass is 9.77. The topological polar surface area (TPSA) is 36.4 Å². The van der Waals surface area contributed by atoms with Gasteiger partial charge < -0.3 is 10.0 Å². The van der Waals surface area contributed by atoms with Gasteiger partial charge in [-0.2, -0.15) is 0 Å². The molecule has 2 atom stereocenters. The van der Waals surface area contributed by atoms with Crippen LogP contribution in [-0.4, -0.2) is 29.3 Å². The van der Waals surface area contributed by atoms with E-state index in [2.05, 4.69) is 34.5 Å². The summed E-state index contributed by atoms with van der Waals surface area (Å²) in [6.07, 6.45) is 5.52. The second-order valence-electron chi connectivity index (χ2n) is 6.68. The van der Waals surface area contributed by atoms with Gasteiger partial charge in [-0.25, -0.2) is 4.98 Å². The van der Waals surface area contributed by atoms with E-state index in [4.69, 9.17) is 4.98 Å². The van der Waals surface area contributed by atoms with Crippen LogP contribution in [0.4, 0.5) is 5.13 Å². The molecule has 2 fully saturated rings. The van der Waals surface area contributed by atoms with Crippen molar-refractivity contribution in [3.63, 3.8) is 0 Å². The standard InChI is InChI=1S/C18H22N2OS/c21-16-8-4-9-18(16)10-5-11-20(13-18)17-19-15(12-22-17)14-6-2-1-3-7-14/h1-3,6-7,12,16,21H,4-5,8-11,13H2/t16-,18-/m1/s1. The molecule has 22 heavy (non-hydrogen) atoms. The van der Waals surface area contributed by atoms with E-state index < -0.39 is 0 Å². The number of thiazole rings is 1. The highest BCUT2D eigenvalue weighted by Crippen LogP contribution is 2.46. The lowest BCUT2D eigenvalue weighted by Crippen LogP contribution is -2.47. The second-order valence-corrected chi connectivity index (χ2v) is 7.51. The van der Waals surface area contributed by atoms with Crippen LogP contribution in [0.1, 0.15) is 32.1 Å². The predicted molar refractivity (Wildman–Crippen MR) is 91.3 cm³/mol. The number of aliphatic hydroxyl groups excluding tert-OH is 1. The molecular formula is C18H22N2OS. The first-order valence-corrected chi connectivity index (χ1v) is 9.09. The van der Waals surface area contributed by atoms with Gasteiger partial charge in [0, 0.05) is 29.4 Å². The number of aromatic nitrogens is 1. The summed E-state index contributed by atoms with van der Waals surface area (Å²) in [7, 11) is 0. The number of nitrogens with zero attached hydrogens (tertiary/aromatic N) is 2. The summed E-state index contributed by atoms with van der Waals surface area (Å²) in [5, 5.41) is 13.7. The third kappa shape index (κ3) is 2.44. The van der Waals surface area contributed by atoms with Crippen molar-refractivity contribution in [2.45, 2.75) is 38.2 Å². The summed E-state index contributed by atoms with van der Waals surface area (Å²) >= 11 is 1.73. The van der Waals surface area contributed by atoms with Gasteiger partial charge in [-0.05, 0) is 25.7 Å². The Morgan fingerprint density at radius 2 is 2.00 bits per heavy atom. The minimum Gasteiger partial charge on any atom is -0.392 e. The van der Waals surface area contributed by atoms with Gasteiger partial charge in [0.1, 0.15) is 0 Å². The van der Waals surface area contributed by atoms with Crippen LogP contribution in [0.2, 0.25) is 0 Å². The van der Waals surface area contributed by atoms with E-state index in [-0.39, 0.29) is 11.5 Å². The number of benzene rings is 1. The zero-order valence-electron chi connectivity index (χ0n) is 12.7. The van der Waals surface area contributed by atoms with Crippen LogP contribution >= 0.6 is 11.3 Å². The monoisotopic (exact) mass is 314 g/mol. The first-order chi connectivity index (χ1) is 10.8. The van der Waals surface area contributed by atoms with Gasteiger partial charge >= 0.3 is 0 Å². The fourth-order valence-electron chi connectivity index (χ4n) is 4.07. The van der Waals surface area contributed by atoms with Gasteiger partial charge in [0.2, 0.25) is 0 Å². The number of aliphatic hydroxyl groups is 1. The lowest BCUT2D eigenvalue weighted by molar-refractivity contribution is 0.0409. The van der Waals surface area contributed by atoms with Crippen LogP contribution < -0.4 is 4.90 Å². The van der Waals surface area contributed by atoms with Gasteiger partial charge in [0.15, 0.2) is 5.13 Å². The SMILES string of the molecule is O[C@@H]1CCC[C@]12CCCN(c1nc(-c3ccccc3)cs1)C2. The highest BCUT2D eigenvalue weighted by molar-refractivity contribution is 7.14. The van der Waals surface area contributed by atoms with Gasteiger partial charge in [0.25, 0.3) is 0 Å². The molecule has 2 heterocycles. The van der Waals surface area contributed by atoms with E-state index in [1.807, 2.05) is 6.07 Å². The molecule has 1 aromatic heterocycles. The lowest BCUT2D eigenvalue weighted by Gasteiger charge is -2.42. The number of piperidine rings is 1. The number of hydrogen-bond donors (Lipinski definition) is 1. The summed E-state index contributed by atoms with van der Waals surface area (Å²) in [4.78, 5) is 7.24. The molecule has 0 bridgehead atoms. The Balaban J connectivity index is 1.56. The zero-order chi connectivity index (χ0) is 15.0. The van der Waals surface area contributed by atoms with Crippen LogP contribution in [0.3, 0.4) is 0 Å². The Kier molecular flexibility index (Phi) is 3.66. The van der Waals surface area contributed by atoms with Crippen LogP contribution in [0.5, 0.6) is 0 Å². The average molecular weight is 314 g/mol. The van der Waals surface area contributed by atoms with Gasteiger partial charge in [-0.3, -0.25) is 0 Å². The Labute approximate surface area is 135 Å². The molecule has 2 aromatic rings. The van der Waals surface area contributed by atoms with Crippen LogP contribution in [0.25, 0.3) is 11.3 Å². The Morgan fingerprint density at radius 3 is 2.77 bits per heavy atom. The summed E-state index contributed by atoms with van der Waals surface area (Å²) in [6.45, 7) is 2.03. The summed E-state index contributed by atoms with van der Waals surface area (Å²) in [5.41, 5.74) is 2.36. The third-order valence-electron chi connectivity index (χ3n) is 5.30. The third-order valence-corrected chi connectivity index (χ3v) is 6.20. The Hall–Kier alpha value is -1.39. The molecule has 1 saturated heterocycles. The molecule has 1 saturated carbocycles. The zero-order valence-corrected chi connectivity index (χ0v) is 13.6. The van der Waals surface area contributed by atoms with Crippen LogP contribution in [0.15, 0.2) is 35.7 Å². The molecule has 1 spiro atoms. The molecule has 2 aliphatic rings. The van der Waals surface area contributed by atoms with Crippen LogP contribution in [0, 0.1) is 5.41 Å². The maximum absolute atomic E-state index is 10.4. The van der Waals surface area contributed by atoms with E-state index in [9.17, 15) is 5.11 Å². The first kappa shape index (κ1) is 14.2. The highest BCUT2D eigenvalue weighted by Gasteiger charge is 2.45. The van der Waals surface area contributed by atoms with E-state index in [1.165, 1.54) is 24.8 Å². The van der Waals surface area contributed by atoms with Crippen molar-refractivity contribution >= 4 is 16.5 Å². The quantitative estimate of drug-likeness (QED) is 0.912. The average Bonchev–Trinajstić information content (AvgIpc) is 3.17. The minimum atomic E-state index is -0.121. The molecule has 0 amide bonds. The Bertz CT molecular complexity index is 642.